The van der Waals surface area contributed by atoms with Crippen molar-refractivity contribution in [3.63, 3.8) is 0 Å². The summed E-state index contributed by atoms with van der Waals surface area (Å²) in [5, 5.41) is 0. The van der Waals surface area contributed by atoms with Gasteiger partial charge in [0.25, 0.3) is 0 Å². The Morgan fingerprint density at radius 2 is 2.00 bits per heavy atom. The second kappa shape index (κ2) is 3.33. The first-order chi connectivity index (χ1) is 5.41. The molecule has 12 heavy (non-hydrogen) atoms. The Balaban J connectivity index is 3.29. The molecule has 6 heteroatoms. The molecule has 0 spiro atoms. The van der Waals surface area contributed by atoms with Crippen LogP contribution in [0.1, 0.15) is 5.56 Å². The van der Waals surface area contributed by atoms with Crippen molar-refractivity contribution in [2.45, 2.75) is 6.18 Å². The molecule has 0 saturated carbocycles. The van der Waals surface area contributed by atoms with Crippen molar-refractivity contribution in [1.29, 1.82) is 0 Å². The monoisotopic (exact) mass is 305 g/mol. The standard InChI is InChI=1S/C6H3F3INS/c7-6(8,9)3-2-11-5(10)1-4(3)12/h1-2H,(H,11,12). The first-order valence-corrected chi connectivity index (χ1v) is 4.35. The number of nitrogens with one attached hydrogen (secondary N) is 1. The van der Waals surface area contributed by atoms with Gasteiger partial charge in [0.05, 0.1) is 13.8 Å². The zero-order chi connectivity index (χ0) is 9.35. The summed E-state index contributed by atoms with van der Waals surface area (Å²) < 4.78 is 36.7. The quantitative estimate of drug-likeness (QED) is 0.441. The van der Waals surface area contributed by atoms with Gasteiger partial charge in [0.15, 0.2) is 0 Å². The van der Waals surface area contributed by atoms with Crippen LogP contribution in [0.2, 0.25) is 0 Å². The zero-order valence-corrected chi connectivity index (χ0v) is 8.55. The van der Waals surface area contributed by atoms with Gasteiger partial charge in [0.1, 0.15) is 0 Å². The number of hydrogen-bond donors (Lipinski definition) is 1. The lowest BCUT2D eigenvalue weighted by Gasteiger charge is -2.05. The van der Waals surface area contributed by atoms with Gasteiger partial charge in [0.2, 0.25) is 0 Å². The lowest BCUT2D eigenvalue weighted by Crippen LogP contribution is -2.06. The molecule has 1 nitrogen and oxygen atoms in total. The summed E-state index contributed by atoms with van der Waals surface area (Å²) in [6.45, 7) is 0. The van der Waals surface area contributed by atoms with Crippen LogP contribution in [-0.4, -0.2) is 4.98 Å². The fourth-order valence-electron chi connectivity index (χ4n) is 0.668. The lowest BCUT2D eigenvalue weighted by molar-refractivity contribution is -0.138. The van der Waals surface area contributed by atoms with Crippen molar-refractivity contribution in [3.8, 4) is 0 Å². The highest BCUT2D eigenvalue weighted by Crippen LogP contribution is 2.29. The Hall–Kier alpha value is -0.110. The summed E-state index contributed by atoms with van der Waals surface area (Å²) in [5.41, 5.74) is -0.794. The molecule has 0 aliphatic carbocycles. The van der Waals surface area contributed by atoms with Crippen LogP contribution in [0.5, 0.6) is 0 Å². The van der Waals surface area contributed by atoms with E-state index in [-0.39, 0.29) is 4.51 Å². The fourth-order valence-corrected chi connectivity index (χ4v) is 1.64. The van der Waals surface area contributed by atoms with Gasteiger partial charge < -0.3 is 4.98 Å². The lowest BCUT2D eigenvalue weighted by atomic mass is 10.3. The molecule has 0 amide bonds. The first kappa shape index (κ1) is 9.97. The number of hydrogen-bond acceptors (Lipinski definition) is 1. The predicted octanol–water partition coefficient (Wildman–Crippen LogP) is 3.37. The number of aromatic amines is 1. The molecule has 1 N–H and O–H groups in total. The normalized spacial score (nSPS) is 11.7. The van der Waals surface area contributed by atoms with Crippen LogP contribution in [0, 0.1) is 8.21 Å². The van der Waals surface area contributed by atoms with E-state index in [2.05, 4.69) is 17.2 Å². The number of aromatic nitrogens is 1. The molecule has 0 fully saturated rings. The molecule has 1 rings (SSSR count). The van der Waals surface area contributed by atoms with Crippen molar-refractivity contribution >= 4 is 34.8 Å². The molecule has 1 aromatic heterocycles. The maximum Gasteiger partial charge on any atom is 0.419 e. The highest BCUT2D eigenvalue weighted by atomic mass is 127. The minimum Gasteiger partial charge on any atom is -0.356 e. The minimum atomic E-state index is -4.36. The Bertz CT molecular complexity index is 343. The molecule has 0 atom stereocenters. The average molecular weight is 305 g/mol. The molecule has 0 aromatic carbocycles. The third-order valence-electron chi connectivity index (χ3n) is 1.18. The van der Waals surface area contributed by atoms with Crippen molar-refractivity contribution < 1.29 is 13.2 Å². The van der Waals surface area contributed by atoms with Crippen LogP contribution in [0.4, 0.5) is 13.2 Å². The predicted molar refractivity (Wildman–Crippen MR) is 49.3 cm³/mol. The largest absolute Gasteiger partial charge is 0.419 e. The number of halogens is 4. The molecule has 0 bridgehead atoms. The van der Waals surface area contributed by atoms with Crippen molar-refractivity contribution in [2.24, 2.45) is 0 Å². The molecular weight excluding hydrogens is 302 g/mol. The molecule has 1 heterocycles. The maximum atomic E-state index is 12.1. The summed E-state index contributed by atoms with van der Waals surface area (Å²) >= 11 is 6.40. The smallest absolute Gasteiger partial charge is 0.356 e. The third-order valence-corrected chi connectivity index (χ3v) is 2.14. The Labute approximate surface area is 85.1 Å². The molecule has 1 aromatic rings. The van der Waals surface area contributed by atoms with Gasteiger partial charge in [-0.2, -0.15) is 13.2 Å². The molecule has 0 aliphatic heterocycles. The van der Waals surface area contributed by atoms with E-state index in [0.29, 0.717) is 3.70 Å². The molecule has 66 valence electrons. The van der Waals surface area contributed by atoms with Crippen LogP contribution in [0.25, 0.3) is 0 Å². The number of pyridine rings is 1. The summed E-state index contributed by atoms with van der Waals surface area (Å²) in [7, 11) is 0. The van der Waals surface area contributed by atoms with E-state index >= 15 is 0 Å². The topological polar surface area (TPSA) is 15.8 Å². The van der Waals surface area contributed by atoms with Gasteiger partial charge in [-0.3, -0.25) is 0 Å². The van der Waals surface area contributed by atoms with Crippen LogP contribution in [-0.2, 0) is 6.18 Å². The second-order valence-electron chi connectivity index (χ2n) is 2.06. The Morgan fingerprint density at radius 3 is 2.42 bits per heavy atom. The van der Waals surface area contributed by atoms with Gasteiger partial charge in [-0.05, 0) is 28.7 Å². The van der Waals surface area contributed by atoms with E-state index in [1.54, 1.807) is 0 Å². The molecule has 0 unspecified atom stereocenters. The van der Waals surface area contributed by atoms with E-state index in [1.165, 1.54) is 6.07 Å². The van der Waals surface area contributed by atoms with E-state index in [0.717, 1.165) is 6.20 Å². The average Bonchev–Trinajstić information content (AvgIpc) is 1.83. The van der Waals surface area contributed by atoms with Gasteiger partial charge in [0, 0.05) is 6.20 Å². The van der Waals surface area contributed by atoms with E-state index in [9.17, 15) is 13.2 Å². The van der Waals surface area contributed by atoms with E-state index < -0.39 is 11.7 Å². The van der Waals surface area contributed by atoms with E-state index in [1.807, 2.05) is 22.6 Å². The van der Waals surface area contributed by atoms with Gasteiger partial charge in [-0.15, -0.1) is 0 Å². The summed E-state index contributed by atoms with van der Waals surface area (Å²) in [5.74, 6) is 0. The highest BCUT2D eigenvalue weighted by molar-refractivity contribution is 14.1. The van der Waals surface area contributed by atoms with Crippen LogP contribution in [0.3, 0.4) is 0 Å². The van der Waals surface area contributed by atoms with Gasteiger partial charge >= 0.3 is 6.18 Å². The van der Waals surface area contributed by atoms with Crippen molar-refractivity contribution in [3.05, 3.63) is 26.0 Å². The third kappa shape index (κ3) is 2.19. The summed E-state index contributed by atoms with van der Waals surface area (Å²) in [6.07, 6.45) is -3.48. The molecule has 0 saturated heterocycles. The number of alkyl halides is 3. The zero-order valence-electron chi connectivity index (χ0n) is 5.57. The minimum absolute atomic E-state index is 0.175. The van der Waals surface area contributed by atoms with Crippen LogP contribution in [0.15, 0.2) is 12.3 Å². The van der Waals surface area contributed by atoms with Crippen molar-refractivity contribution in [2.75, 3.05) is 0 Å². The summed E-state index contributed by atoms with van der Waals surface area (Å²) in [6, 6.07) is 1.28. The first-order valence-electron chi connectivity index (χ1n) is 2.86. The highest BCUT2D eigenvalue weighted by Gasteiger charge is 2.31. The van der Waals surface area contributed by atoms with Crippen LogP contribution < -0.4 is 0 Å². The number of H-pyrrole nitrogens is 1. The van der Waals surface area contributed by atoms with Gasteiger partial charge in [-0.25, -0.2) is 0 Å². The fraction of sp³-hybridized carbons (Fsp3) is 0.167. The number of rotatable bonds is 0. The second-order valence-corrected chi connectivity index (χ2v) is 3.66. The summed E-state index contributed by atoms with van der Waals surface area (Å²) in [4.78, 5) is 2.45. The Morgan fingerprint density at radius 1 is 1.42 bits per heavy atom. The van der Waals surface area contributed by atoms with E-state index in [4.69, 9.17) is 0 Å². The molecule has 0 radical (unpaired) electrons. The maximum absolute atomic E-state index is 12.1. The molecular formula is C6H3F3INS. The Kier molecular flexibility index (Phi) is 2.77. The SMILES string of the molecule is FC(F)(F)c1c[nH]c(I)cc1=S. The van der Waals surface area contributed by atoms with Gasteiger partial charge in [-0.1, -0.05) is 12.2 Å². The van der Waals surface area contributed by atoms with Crippen molar-refractivity contribution in [1.82, 2.24) is 4.98 Å². The van der Waals surface area contributed by atoms with Crippen LogP contribution >= 0.6 is 34.8 Å². The molecule has 0 aliphatic rings.